The van der Waals surface area contributed by atoms with Gasteiger partial charge in [0.15, 0.2) is 0 Å². The van der Waals surface area contributed by atoms with Crippen LogP contribution >= 0.6 is 22.9 Å². The van der Waals surface area contributed by atoms with E-state index in [2.05, 4.69) is 0 Å². The third-order valence-corrected chi connectivity index (χ3v) is 2.91. The fourth-order valence-corrected chi connectivity index (χ4v) is 2.08. The van der Waals surface area contributed by atoms with Crippen molar-refractivity contribution in [3.63, 3.8) is 0 Å². The van der Waals surface area contributed by atoms with Gasteiger partial charge in [0.1, 0.15) is 0 Å². The van der Waals surface area contributed by atoms with E-state index >= 15 is 0 Å². The Balaban J connectivity index is 2.67. The van der Waals surface area contributed by atoms with Gasteiger partial charge in [-0.15, -0.1) is 11.3 Å². The molecule has 1 aromatic heterocycles. The molecule has 0 spiro atoms. The lowest BCUT2D eigenvalue weighted by atomic mass is 10.2. The molecule has 11 heavy (non-hydrogen) atoms. The van der Waals surface area contributed by atoms with E-state index in [4.69, 9.17) is 22.4 Å². The Morgan fingerprint density at radius 2 is 2.45 bits per heavy atom. The number of thiophene rings is 1. The molecule has 0 saturated heterocycles. The minimum atomic E-state index is -0.118. The van der Waals surface area contributed by atoms with Crippen LogP contribution in [-0.4, -0.2) is 11.7 Å². The van der Waals surface area contributed by atoms with Crippen molar-refractivity contribution in [1.82, 2.24) is 0 Å². The van der Waals surface area contributed by atoms with E-state index in [9.17, 15) is 0 Å². The highest BCUT2D eigenvalue weighted by Gasteiger charge is 2.09. The lowest BCUT2D eigenvalue weighted by Crippen LogP contribution is -2.10. The van der Waals surface area contributed by atoms with Crippen molar-refractivity contribution in [3.05, 3.63) is 21.3 Å². The van der Waals surface area contributed by atoms with Crippen LogP contribution in [0.4, 0.5) is 0 Å². The summed E-state index contributed by atoms with van der Waals surface area (Å²) in [5.41, 5.74) is 5.72. The summed E-state index contributed by atoms with van der Waals surface area (Å²) in [5.74, 6) is 0. The van der Waals surface area contributed by atoms with Crippen LogP contribution in [0.3, 0.4) is 0 Å². The summed E-state index contributed by atoms with van der Waals surface area (Å²) < 4.78 is 0. The molecule has 0 radical (unpaired) electrons. The maximum atomic E-state index is 8.61. The molecule has 0 aromatic carbocycles. The molecule has 0 aliphatic heterocycles. The first-order chi connectivity index (χ1) is 5.25. The zero-order valence-electron chi connectivity index (χ0n) is 5.96. The minimum absolute atomic E-state index is 0.107. The molecule has 1 rings (SSSR count). The molecule has 0 amide bonds. The minimum Gasteiger partial charge on any atom is -0.396 e. The van der Waals surface area contributed by atoms with Gasteiger partial charge in [0, 0.05) is 17.5 Å². The van der Waals surface area contributed by atoms with E-state index in [1.54, 1.807) is 0 Å². The SMILES string of the molecule is N[C@H](CCO)c1sccc1Cl. The Hall–Kier alpha value is -0.0900. The number of rotatable bonds is 3. The molecule has 0 bridgehead atoms. The largest absolute Gasteiger partial charge is 0.396 e. The molecule has 1 atom stereocenters. The van der Waals surface area contributed by atoms with E-state index in [1.807, 2.05) is 11.4 Å². The van der Waals surface area contributed by atoms with Crippen molar-refractivity contribution in [2.24, 2.45) is 5.73 Å². The molecule has 0 aliphatic carbocycles. The molecule has 62 valence electrons. The number of aliphatic hydroxyl groups is 1. The topological polar surface area (TPSA) is 46.2 Å². The molecule has 0 fully saturated rings. The molecule has 0 unspecified atom stereocenters. The Morgan fingerprint density at radius 1 is 1.73 bits per heavy atom. The lowest BCUT2D eigenvalue weighted by Gasteiger charge is -2.06. The fraction of sp³-hybridized carbons (Fsp3) is 0.429. The van der Waals surface area contributed by atoms with Crippen LogP contribution in [0.25, 0.3) is 0 Å². The first kappa shape index (κ1) is 9.00. The number of halogens is 1. The van der Waals surface area contributed by atoms with Gasteiger partial charge in [-0.2, -0.15) is 0 Å². The smallest absolute Gasteiger partial charge is 0.0561 e. The van der Waals surface area contributed by atoms with Crippen LogP contribution < -0.4 is 5.73 Å². The van der Waals surface area contributed by atoms with E-state index in [0.717, 1.165) is 4.88 Å². The Morgan fingerprint density at radius 3 is 2.91 bits per heavy atom. The molecule has 0 aliphatic rings. The highest BCUT2D eigenvalue weighted by molar-refractivity contribution is 7.10. The number of hydrogen-bond donors (Lipinski definition) is 2. The van der Waals surface area contributed by atoms with Crippen molar-refractivity contribution < 1.29 is 5.11 Å². The summed E-state index contributed by atoms with van der Waals surface area (Å²) in [7, 11) is 0. The summed E-state index contributed by atoms with van der Waals surface area (Å²) in [5, 5.41) is 11.2. The summed E-state index contributed by atoms with van der Waals surface area (Å²) in [6.45, 7) is 0.107. The summed E-state index contributed by atoms with van der Waals surface area (Å²) >= 11 is 7.35. The van der Waals surface area contributed by atoms with Crippen LogP contribution in [0.5, 0.6) is 0 Å². The summed E-state index contributed by atoms with van der Waals surface area (Å²) in [6, 6.07) is 1.70. The molecule has 1 heterocycles. The van der Waals surface area contributed by atoms with Gasteiger partial charge >= 0.3 is 0 Å². The van der Waals surface area contributed by atoms with Gasteiger partial charge in [-0.05, 0) is 17.9 Å². The van der Waals surface area contributed by atoms with Crippen LogP contribution in [-0.2, 0) is 0 Å². The summed E-state index contributed by atoms with van der Waals surface area (Å²) in [6.07, 6.45) is 0.570. The first-order valence-corrected chi connectivity index (χ1v) is 4.60. The molecule has 2 nitrogen and oxygen atoms in total. The van der Waals surface area contributed by atoms with Gasteiger partial charge in [-0.1, -0.05) is 11.6 Å². The van der Waals surface area contributed by atoms with Crippen molar-refractivity contribution in [2.75, 3.05) is 6.61 Å². The molecule has 0 saturated carbocycles. The van der Waals surface area contributed by atoms with E-state index in [1.165, 1.54) is 11.3 Å². The molecular weight excluding hydrogens is 182 g/mol. The van der Waals surface area contributed by atoms with E-state index in [0.29, 0.717) is 11.4 Å². The second-order valence-corrected chi connectivity index (χ2v) is 3.61. The number of aliphatic hydroxyl groups excluding tert-OH is 1. The van der Waals surface area contributed by atoms with Crippen molar-refractivity contribution in [1.29, 1.82) is 0 Å². The predicted molar refractivity (Wildman–Crippen MR) is 48.0 cm³/mol. The number of hydrogen-bond acceptors (Lipinski definition) is 3. The van der Waals surface area contributed by atoms with Crippen LogP contribution in [0.15, 0.2) is 11.4 Å². The second kappa shape index (κ2) is 4.07. The zero-order valence-corrected chi connectivity index (χ0v) is 7.53. The number of nitrogens with two attached hydrogens (primary N) is 1. The maximum Gasteiger partial charge on any atom is 0.0561 e. The maximum absolute atomic E-state index is 8.61. The molecule has 4 heteroatoms. The highest BCUT2D eigenvalue weighted by atomic mass is 35.5. The van der Waals surface area contributed by atoms with Crippen molar-refractivity contribution >= 4 is 22.9 Å². The van der Waals surface area contributed by atoms with Crippen molar-refractivity contribution in [2.45, 2.75) is 12.5 Å². The van der Waals surface area contributed by atoms with Gasteiger partial charge < -0.3 is 10.8 Å². The van der Waals surface area contributed by atoms with Gasteiger partial charge in [0.05, 0.1) is 5.02 Å². The van der Waals surface area contributed by atoms with E-state index < -0.39 is 0 Å². The zero-order chi connectivity index (χ0) is 8.27. The molecule has 1 aromatic rings. The average molecular weight is 192 g/mol. The first-order valence-electron chi connectivity index (χ1n) is 3.35. The third-order valence-electron chi connectivity index (χ3n) is 1.42. The average Bonchev–Trinajstić information content (AvgIpc) is 2.36. The third kappa shape index (κ3) is 2.17. The lowest BCUT2D eigenvalue weighted by molar-refractivity contribution is 0.277. The van der Waals surface area contributed by atoms with Gasteiger partial charge in [0.25, 0.3) is 0 Å². The highest BCUT2D eigenvalue weighted by Crippen LogP contribution is 2.28. The second-order valence-electron chi connectivity index (χ2n) is 2.25. The van der Waals surface area contributed by atoms with Gasteiger partial charge in [0.2, 0.25) is 0 Å². The standard InChI is InChI=1S/C7H10ClNOS/c8-5-2-4-11-7(5)6(9)1-3-10/h2,4,6,10H,1,3,9H2/t6-/m1/s1. The van der Waals surface area contributed by atoms with Gasteiger partial charge in [-0.3, -0.25) is 0 Å². The van der Waals surface area contributed by atoms with Crippen LogP contribution in [0, 0.1) is 0 Å². The van der Waals surface area contributed by atoms with Crippen LogP contribution in [0.1, 0.15) is 17.3 Å². The quantitative estimate of drug-likeness (QED) is 0.765. The monoisotopic (exact) mass is 191 g/mol. The predicted octanol–water partition coefficient (Wildman–Crippen LogP) is 1.78. The van der Waals surface area contributed by atoms with Crippen LogP contribution in [0.2, 0.25) is 5.02 Å². The van der Waals surface area contributed by atoms with Gasteiger partial charge in [-0.25, -0.2) is 0 Å². The summed E-state index contributed by atoms with van der Waals surface area (Å²) in [4.78, 5) is 0.959. The normalized spacial score (nSPS) is 13.4. The van der Waals surface area contributed by atoms with E-state index in [-0.39, 0.29) is 12.6 Å². The van der Waals surface area contributed by atoms with Crippen molar-refractivity contribution in [3.8, 4) is 0 Å². The Labute approximate surface area is 74.6 Å². The Bertz CT molecular complexity index is 226. The molecular formula is C7H10ClNOS. The fourth-order valence-electron chi connectivity index (χ4n) is 0.840. The Kier molecular flexibility index (Phi) is 3.33. The molecule has 3 N–H and O–H groups in total.